The van der Waals surface area contributed by atoms with Crippen LogP contribution in [0.3, 0.4) is 0 Å². The van der Waals surface area contributed by atoms with Crippen molar-refractivity contribution in [3.8, 4) is 33.4 Å². The van der Waals surface area contributed by atoms with Crippen LogP contribution in [0, 0.1) is 12.8 Å². The number of benzene rings is 5. The van der Waals surface area contributed by atoms with Crippen molar-refractivity contribution in [2.45, 2.75) is 39.5 Å². The molecule has 0 radical (unpaired) electrons. The minimum atomic E-state index is -0.151. The van der Waals surface area contributed by atoms with Gasteiger partial charge in [0.05, 0.1) is 0 Å². The SMILES string of the molecule is CCc1c(-c2ccccc2)c(C2(C)C=CC=CC2C)c2cccc(-c3ccccc3)c2c1-c1ccccc1C. The van der Waals surface area contributed by atoms with E-state index in [4.69, 9.17) is 0 Å². The number of hydrogen-bond donors (Lipinski definition) is 0. The Balaban J connectivity index is 1.90. The van der Waals surface area contributed by atoms with Crippen LogP contribution in [0.15, 0.2) is 127 Å². The van der Waals surface area contributed by atoms with Crippen LogP contribution in [0.5, 0.6) is 0 Å². The summed E-state index contributed by atoms with van der Waals surface area (Å²) < 4.78 is 0. The van der Waals surface area contributed by atoms with Gasteiger partial charge in [0.1, 0.15) is 0 Å². The van der Waals surface area contributed by atoms with Crippen molar-refractivity contribution < 1.29 is 0 Å². The Hall–Kier alpha value is -4.16. The molecule has 0 spiro atoms. The van der Waals surface area contributed by atoms with E-state index in [0.717, 1.165) is 6.42 Å². The zero-order valence-corrected chi connectivity index (χ0v) is 23.4. The molecule has 1 aliphatic rings. The maximum atomic E-state index is 2.43. The van der Waals surface area contributed by atoms with Crippen molar-refractivity contribution >= 4 is 10.8 Å². The first-order valence-corrected chi connectivity index (χ1v) is 14.2. The third-order valence-corrected chi connectivity index (χ3v) is 8.79. The zero-order valence-electron chi connectivity index (χ0n) is 23.4. The average Bonchev–Trinajstić information content (AvgIpc) is 2.98. The van der Waals surface area contributed by atoms with E-state index in [0.29, 0.717) is 5.92 Å². The van der Waals surface area contributed by atoms with Gasteiger partial charge in [-0.15, -0.1) is 0 Å². The highest BCUT2D eigenvalue weighted by molar-refractivity contribution is 6.13. The normalized spacial score (nSPS) is 18.5. The zero-order chi connectivity index (χ0) is 27.0. The number of rotatable bonds is 5. The van der Waals surface area contributed by atoms with Crippen molar-refractivity contribution in [3.05, 3.63) is 144 Å². The summed E-state index contributed by atoms with van der Waals surface area (Å²) in [6.45, 7) is 9.37. The first-order chi connectivity index (χ1) is 19.0. The van der Waals surface area contributed by atoms with E-state index in [-0.39, 0.29) is 5.41 Å². The molecule has 192 valence electrons. The highest BCUT2D eigenvalue weighted by atomic mass is 14.4. The highest BCUT2D eigenvalue weighted by Gasteiger charge is 2.37. The lowest BCUT2D eigenvalue weighted by molar-refractivity contribution is 0.462. The van der Waals surface area contributed by atoms with E-state index >= 15 is 0 Å². The molecular formula is C39H36. The van der Waals surface area contributed by atoms with Gasteiger partial charge in [0, 0.05) is 5.41 Å². The van der Waals surface area contributed by atoms with E-state index < -0.39 is 0 Å². The van der Waals surface area contributed by atoms with E-state index in [1.54, 1.807) is 0 Å². The quantitative estimate of drug-likeness (QED) is 0.223. The fourth-order valence-electron chi connectivity index (χ4n) is 6.59. The smallest absolute Gasteiger partial charge is 0.0179 e. The summed E-state index contributed by atoms with van der Waals surface area (Å²) in [4.78, 5) is 0. The second-order valence-electron chi connectivity index (χ2n) is 11.0. The van der Waals surface area contributed by atoms with Gasteiger partial charge in [-0.25, -0.2) is 0 Å². The Bertz CT molecular complexity index is 1700. The van der Waals surface area contributed by atoms with Crippen molar-refractivity contribution in [2.24, 2.45) is 5.92 Å². The van der Waals surface area contributed by atoms with Gasteiger partial charge in [0.15, 0.2) is 0 Å². The molecule has 0 heterocycles. The van der Waals surface area contributed by atoms with Gasteiger partial charge < -0.3 is 0 Å². The number of allylic oxidation sites excluding steroid dienone is 4. The van der Waals surface area contributed by atoms with Gasteiger partial charge in [-0.2, -0.15) is 0 Å². The van der Waals surface area contributed by atoms with Crippen LogP contribution >= 0.6 is 0 Å². The maximum absolute atomic E-state index is 2.43. The molecule has 5 aromatic rings. The van der Waals surface area contributed by atoms with Gasteiger partial charge in [-0.3, -0.25) is 0 Å². The molecule has 1 aliphatic carbocycles. The van der Waals surface area contributed by atoms with Gasteiger partial charge in [-0.05, 0) is 80.1 Å². The Labute approximate surface area is 233 Å². The largest absolute Gasteiger partial charge is 0.0805 e. The summed E-state index contributed by atoms with van der Waals surface area (Å²) in [7, 11) is 0. The minimum Gasteiger partial charge on any atom is -0.0805 e. The molecule has 0 bridgehead atoms. The van der Waals surface area contributed by atoms with Gasteiger partial charge in [0.2, 0.25) is 0 Å². The molecule has 0 aliphatic heterocycles. The molecule has 0 saturated heterocycles. The molecule has 5 aromatic carbocycles. The van der Waals surface area contributed by atoms with Crippen LogP contribution in [0.2, 0.25) is 0 Å². The summed E-state index contributed by atoms with van der Waals surface area (Å²) in [6, 6.07) is 37.8. The van der Waals surface area contributed by atoms with Crippen molar-refractivity contribution in [3.63, 3.8) is 0 Å². The summed E-state index contributed by atoms with van der Waals surface area (Å²) in [6.07, 6.45) is 10.2. The Morgan fingerprint density at radius 3 is 1.97 bits per heavy atom. The molecule has 0 amide bonds. The van der Waals surface area contributed by atoms with Gasteiger partial charge in [-0.1, -0.05) is 148 Å². The molecule has 6 rings (SSSR count). The van der Waals surface area contributed by atoms with E-state index in [1.165, 1.54) is 60.8 Å². The Kier molecular flexibility index (Phi) is 6.57. The first kappa shape index (κ1) is 25.1. The Morgan fingerprint density at radius 2 is 1.31 bits per heavy atom. The lowest BCUT2D eigenvalue weighted by Crippen LogP contribution is -2.30. The second-order valence-corrected chi connectivity index (χ2v) is 11.0. The summed E-state index contributed by atoms with van der Waals surface area (Å²) >= 11 is 0. The lowest BCUT2D eigenvalue weighted by atomic mass is 9.65. The predicted octanol–water partition coefficient (Wildman–Crippen LogP) is 10.7. The molecule has 0 saturated carbocycles. The van der Waals surface area contributed by atoms with Crippen LogP contribution in [0.4, 0.5) is 0 Å². The number of fused-ring (bicyclic) bond motifs is 1. The van der Waals surface area contributed by atoms with Gasteiger partial charge in [0.25, 0.3) is 0 Å². The maximum Gasteiger partial charge on any atom is 0.0179 e. The topological polar surface area (TPSA) is 0 Å². The van der Waals surface area contributed by atoms with Crippen LogP contribution in [0.1, 0.15) is 37.5 Å². The van der Waals surface area contributed by atoms with E-state index in [2.05, 4.69) is 155 Å². The fraction of sp³-hybridized carbons (Fsp3) is 0.179. The highest BCUT2D eigenvalue weighted by Crippen LogP contribution is 2.52. The number of aryl methyl sites for hydroxylation is 1. The summed E-state index contributed by atoms with van der Waals surface area (Å²) in [5, 5.41) is 2.71. The molecule has 0 fully saturated rings. The molecule has 0 heteroatoms. The van der Waals surface area contributed by atoms with Crippen molar-refractivity contribution in [1.82, 2.24) is 0 Å². The molecule has 39 heavy (non-hydrogen) atoms. The minimum absolute atomic E-state index is 0.151. The predicted molar refractivity (Wildman–Crippen MR) is 169 cm³/mol. The van der Waals surface area contributed by atoms with Crippen LogP contribution in [-0.4, -0.2) is 0 Å². The molecule has 2 unspecified atom stereocenters. The standard InChI is InChI=1S/C39H36/c1-5-31-35(30-21-10-7-11-22-30)38(39(4)26-15-14-18-28(39)3)34-25-16-24-33(29-19-8-6-9-20-29)37(34)36(31)32-23-13-12-17-27(32)2/h6-26,28H,5H2,1-4H3. The van der Waals surface area contributed by atoms with E-state index in [9.17, 15) is 0 Å². The Morgan fingerprint density at radius 1 is 0.667 bits per heavy atom. The fourth-order valence-corrected chi connectivity index (χ4v) is 6.59. The van der Waals surface area contributed by atoms with E-state index in [1.807, 2.05) is 0 Å². The molecular weight excluding hydrogens is 468 g/mol. The third kappa shape index (κ3) is 4.16. The van der Waals surface area contributed by atoms with Crippen molar-refractivity contribution in [2.75, 3.05) is 0 Å². The van der Waals surface area contributed by atoms with Crippen LogP contribution in [-0.2, 0) is 11.8 Å². The lowest BCUT2D eigenvalue weighted by Gasteiger charge is -2.38. The molecule has 0 N–H and O–H groups in total. The van der Waals surface area contributed by atoms with Crippen LogP contribution < -0.4 is 0 Å². The van der Waals surface area contributed by atoms with Crippen molar-refractivity contribution in [1.29, 1.82) is 0 Å². The molecule has 0 nitrogen and oxygen atoms in total. The second kappa shape index (κ2) is 10.2. The molecule has 0 aromatic heterocycles. The first-order valence-electron chi connectivity index (χ1n) is 14.2. The average molecular weight is 505 g/mol. The van der Waals surface area contributed by atoms with Gasteiger partial charge >= 0.3 is 0 Å². The van der Waals surface area contributed by atoms with Crippen LogP contribution in [0.25, 0.3) is 44.2 Å². The third-order valence-electron chi connectivity index (χ3n) is 8.79. The summed E-state index contributed by atoms with van der Waals surface area (Å²) in [5.41, 5.74) is 12.0. The monoisotopic (exact) mass is 504 g/mol. The molecule has 2 atom stereocenters. The number of hydrogen-bond acceptors (Lipinski definition) is 0. The summed E-state index contributed by atoms with van der Waals surface area (Å²) in [5.74, 6) is 0.363.